The predicted molar refractivity (Wildman–Crippen MR) is 58.4 cm³/mol. The van der Waals surface area contributed by atoms with Crippen LogP contribution in [-0.2, 0) is 19.6 Å². The van der Waals surface area contributed by atoms with E-state index in [0.717, 1.165) is 12.8 Å². The minimum absolute atomic E-state index is 0.0268. The van der Waals surface area contributed by atoms with Crippen molar-refractivity contribution < 1.29 is 17.9 Å². The lowest BCUT2D eigenvalue weighted by Crippen LogP contribution is -2.43. The van der Waals surface area contributed by atoms with Gasteiger partial charge in [0, 0.05) is 20.2 Å². The Morgan fingerprint density at radius 2 is 2.31 bits per heavy atom. The van der Waals surface area contributed by atoms with Gasteiger partial charge in [-0.2, -0.15) is 4.31 Å². The van der Waals surface area contributed by atoms with E-state index in [0.29, 0.717) is 6.54 Å². The molecule has 0 bridgehead atoms. The van der Waals surface area contributed by atoms with Crippen LogP contribution in [0, 0.1) is 0 Å². The summed E-state index contributed by atoms with van der Waals surface area (Å²) in [5.41, 5.74) is 0. The van der Waals surface area contributed by atoms with Crippen LogP contribution in [0.4, 0.5) is 0 Å². The van der Waals surface area contributed by atoms with Gasteiger partial charge < -0.3 is 4.74 Å². The Balaban J connectivity index is 2.62. The number of hydrogen-bond acceptors (Lipinski definition) is 5. The maximum absolute atomic E-state index is 11.8. The molecule has 1 unspecified atom stereocenters. The fraction of sp³-hybridized carbons (Fsp3) is 0.889. The van der Waals surface area contributed by atoms with E-state index >= 15 is 0 Å². The zero-order chi connectivity index (χ0) is 12.0. The van der Waals surface area contributed by atoms with Gasteiger partial charge in [0.1, 0.15) is 0 Å². The molecule has 0 aromatic carbocycles. The number of ether oxygens (including phenoxy) is 1. The highest BCUT2D eigenvalue weighted by Gasteiger charge is 2.28. The predicted octanol–water partition coefficient (Wildman–Crippen LogP) is -0.237. The molecule has 1 saturated heterocycles. The van der Waals surface area contributed by atoms with Gasteiger partial charge in [-0.05, 0) is 12.8 Å². The first-order valence-electron chi connectivity index (χ1n) is 5.14. The third-order valence-electron chi connectivity index (χ3n) is 2.53. The SMILES string of the molecule is COCCS(=O)(=O)N1CCCC(N=C=O)C1. The van der Waals surface area contributed by atoms with Crippen molar-refractivity contribution in [2.75, 3.05) is 32.6 Å². The number of sulfonamides is 1. The third-order valence-corrected chi connectivity index (χ3v) is 4.33. The molecule has 0 radical (unpaired) electrons. The topological polar surface area (TPSA) is 76.0 Å². The lowest BCUT2D eigenvalue weighted by molar-refractivity contribution is 0.214. The molecule has 1 aliphatic heterocycles. The molecular weight excluding hydrogens is 232 g/mol. The van der Waals surface area contributed by atoms with Crippen molar-refractivity contribution in [3.63, 3.8) is 0 Å². The summed E-state index contributed by atoms with van der Waals surface area (Å²) in [6.07, 6.45) is 2.95. The minimum Gasteiger partial charge on any atom is -0.384 e. The van der Waals surface area contributed by atoms with Crippen LogP contribution < -0.4 is 0 Å². The molecule has 0 amide bonds. The van der Waals surface area contributed by atoms with E-state index in [1.165, 1.54) is 17.5 Å². The summed E-state index contributed by atoms with van der Waals surface area (Å²) in [4.78, 5) is 13.7. The number of aliphatic imine (C=N–C) groups is 1. The number of nitrogens with zero attached hydrogens (tertiary/aromatic N) is 2. The van der Waals surface area contributed by atoms with Crippen LogP contribution in [0.5, 0.6) is 0 Å². The lowest BCUT2D eigenvalue weighted by atomic mass is 10.1. The second kappa shape index (κ2) is 6.10. The van der Waals surface area contributed by atoms with Crippen molar-refractivity contribution >= 4 is 16.1 Å². The average Bonchev–Trinajstić information content (AvgIpc) is 2.27. The Morgan fingerprint density at radius 1 is 1.56 bits per heavy atom. The number of methoxy groups -OCH3 is 1. The van der Waals surface area contributed by atoms with Gasteiger partial charge in [0.05, 0.1) is 18.4 Å². The van der Waals surface area contributed by atoms with Gasteiger partial charge in [0.25, 0.3) is 0 Å². The standard InChI is InChI=1S/C9H16N2O4S/c1-15-5-6-16(13,14)11-4-2-3-9(7-11)10-8-12/h9H,2-7H2,1H3. The molecule has 1 fully saturated rings. The van der Waals surface area contributed by atoms with Gasteiger partial charge in [-0.3, -0.25) is 0 Å². The van der Waals surface area contributed by atoms with Crippen molar-refractivity contribution in [2.24, 2.45) is 4.99 Å². The summed E-state index contributed by atoms with van der Waals surface area (Å²) in [5, 5.41) is 0. The second-order valence-corrected chi connectivity index (χ2v) is 5.77. The molecule has 7 heteroatoms. The zero-order valence-corrected chi connectivity index (χ0v) is 10.1. The molecule has 1 heterocycles. The van der Waals surface area contributed by atoms with Crippen LogP contribution in [0.2, 0.25) is 0 Å². The smallest absolute Gasteiger partial charge is 0.235 e. The molecule has 92 valence electrons. The number of hydrogen-bond donors (Lipinski definition) is 0. The van der Waals surface area contributed by atoms with Crippen LogP contribution >= 0.6 is 0 Å². The van der Waals surface area contributed by atoms with Crippen LogP contribution in [0.25, 0.3) is 0 Å². The number of carbonyl (C=O) groups excluding carboxylic acids is 1. The second-order valence-electron chi connectivity index (χ2n) is 3.68. The molecule has 0 N–H and O–H groups in total. The van der Waals surface area contributed by atoms with Crippen LogP contribution in [0.1, 0.15) is 12.8 Å². The third kappa shape index (κ3) is 3.68. The normalized spacial score (nSPS) is 22.7. The van der Waals surface area contributed by atoms with Gasteiger partial charge in [0.2, 0.25) is 16.1 Å². The molecule has 6 nitrogen and oxygen atoms in total. The summed E-state index contributed by atoms with van der Waals surface area (Å²) in [6.45, 7) is 0.957. The lowest BCUT2D eigenvalue weighted by Gasteiger charge is -2.29. The minimum atomic E-state index is -3.28. The van der Waals surface area contributed by atoms with E-state index in [1.807, 2.05) is 0 Å². The van der Waals surface area contributed by atoms with Crippen LogP contribution in [-0.4, -0.2) is 57.4 Å². The molecule has 1 rings (SSSR count). The first kappa shape index (κ1) is 13.3. The Kier molecular flexibility index (Phi) is 5.08. The van der Waals surface area contributed by atoms with Crippen molar-refractivity contribution in [3.05, 3.63) is 0 Å². The molecule has 0 aromatic rings. The van der Waals surface area contributed by atoms with Gasteiger partial charge in [-0.15, -0.1) is 0 Å². The maximum Gasteiger partial charge on any atom is 0.235 e. The Morgan fingerprint density at radius 3 is 2.94 bits per heavy atom. The van der Waals surface area contributed by atoms with E-state index in [4.69, 9.17) is 4.74 Å². The Bertz CT molecular complexity index is 362. The van der Waals surface area contributed by atoms with Crippen molar-refractivity contribution in [1.82, 2.24) is 4.31 Å². The van der Waals surface area contributed by atoms with Crippen molar-refractivity contribution in [2.45, 2.75) is 18.9 Å². The molecule has 1 atom stereocenters. The van der Waals surface area contributed by atoms with Gasteiger partial charge >= 0.3 is 0 Å². The summed E-state index contributed by atoms with van der Waals surface area (Å²) in [5.74, 6) is -0.0268. The first-order valence-corrected chi connectivity index (χ1v) is 6.75. The molecule has 1 aliphatic rings. The molecular formula is C9H16N2O4S. The van der Waals surface area contributed by atoms with E-state index in [1.54, 1.807) is 0 Å². The van der Waals surface area contributed by atoms with Gasteiger partial charge in [-0.25, -0.2) is 18.2 Å². The highest BCUT2D eigenvalue weighted by atomic mass is 32.2. The summed E-state index contributed by atoms with van der Waals surface area (Å²) in [6, 6.07) is -0.247. The average molecular weight is 248 g/mol. The van der Waals surface area contributed by atoms with Crippen molar-refractivity contribution in [1.29, 1.82) is 0 Å². The van der Waals surface area contributed by atoms with Gasteiger partial charge in [0.15, 0.2) is 0 Å². The van der Waals surface area contributed by atoms with Gasteiger partial charge in [-0.1, -0.05) is 0 Å². The quantitative estimate of drug-likeness (QED) is 0.497. The molecule has 0 aromatic heterocycles. The number of isocyanates is 1. The number of rotatable bonds is 5. The summed E-state index contributed by atoms with van der Waals surface area (Å²) < 4.78 is 29.7. The Labute approximate surface area is 95.3 Å². The van der Waals surface area contributed by atoms with Crippen LogP contribution in [0.3, 0.4) is 0 Å². The molecule has 0 aliphatic carbocycles. The monoisotopic (exact) mass is 248 g/mol. The first-order chi connectivity index (χ1) is 7.60. The maximum atomic E-state index is 11.8. The van der Waals surface area contributed by atoms with E-state index in [9.17, 15) is 13.2 Å². The number of piperidine rings is 1. The fourth-order valence-corrected chi connectivity index (χ4v) is 3.11. The molecule has 16 heavy (non-hydrogen) atoms. The summed E-state index contributed by atoms with van der Waals surface area (Å²) in [7, 11) is -1.81. The highest BCUT2D eigenvalue weighted by Crippen LogP contribution is 2.16. The van der Waals surface area contributed by atoms with Crippen LogP contribution in [0.15, 0.2) is 4.99 Å². The molecule has 0 saturated carbocycles. The zero-order valence-electron chi connectivity index (χ0n) is 9.26. The van der Waals surface area contributed by atoms with E-state index in [-0.39, 0.29) is 24.9 Å². The largest absolute Gasteiger partial charge is 0.384 e. The Hall–Kier alpha value is -0.750. The fourth-order valence-electron chi connectivity index (χ4n) is 1.67. The van der Waals surface area contributed by atoms with E-state index in [2.05, 4.69) is 4.99 Å². The van der Waals surface area contributed by atoms with Crippen molar-refractivity contribution in [3.8, 4) is 0 Å². The highest BCUT2D eigenvalue weighted by molar-refractivity contribution is 7.89. The summed E-state index contributed by atoms with van der Waals surface area (Å²) >= 11 is 0. The van der Waals surface area contributed by atoms with E-state index < -0.39 is 10.0 Å². The molecule has 0 spiro atoms.